The normalized spacial score (nSPS) is 14.5. The van der Waals surface area contributed by atoms with Gasteiger partial charge in [0.25, 0.3) is 0 Å². The first-order valence-electron chi connectivity index (χ1n) is 6.85. The number of rotatable bonds is 5. The number of carbonyl (C=O) groups is 1. The van der Waals surface area contributed by atoms with Gasteiger partial charge < -0.3 is 10.6 Å². The summed E-state index contributed by atoms with van der Waals surface area (Å²) in [5, 5.41) is 0. The molecule has 4 nitrogen and oxygen atoms in total. The molecule has 2 N–H and O–H groups in total. The molecule has 4 heteroatoms. The molecular weight excluding hydrogens is 238 g/mol. The summed E-state index contributed by atoms with van der Waals surface area (Å²) in [6, 6.07) is 5.30. The Kier molecular flexibility index (Phi) is 5.48. The highest BCUT2D eigenvalue weighted by Gasteiger charge is 2.30. The van der Waals surface area contributed by atoms with E-state index in [9.17, 15) is 4.79 Å². The predicted molar refractivity (Wildman–Crippen MR) is 77.4 cm³/mol. The fraction of sp³-hybridized carbons (Fsp3) is 0.600. The summed E-state index contributed by atoms with van der Waals surface area (Å²) < 4.78 is 0. The maximum Gasteiger partial charge on any atom is 0.240 e. The summed E-state index contributed by atoms with van der Waals surface area (Å²) in [7, 11) is 0. The van der Waals surface area contributed by atoms with Crippen LogP contribution in [-0.4, -0.2) is 27.9 Å². The molecule has 0 aromatic carbocycles. The number of amides is 1. The summed E-state index contributed by atoms with van der Waals surface area (Å²) in [5.74, 6) is 0.118. The molecule has 0 saturated carbocycles. The first kappa shape index (κ1) is 15.6. The molecule has 0 aliphatic carbocycles. The quantitative estimate of drug-likeness (QED) is 0.887. The second kappa shape index (κ2) is 6.66. The monoisotopic (exact) mass is 263 g/mol. The van der Waals surface area contributed by atoms with Crippen LogP contribution in [0, 0.1) is 5.92 Å². The summed E-state index contributed by atoms with van der Waals surface area (Å²) in [6.07, 6.45) is 1.75. The van der Waals surface area contributed by atoms with Crippen LogP contribution < -0.4 is 5.73 Å². The van der Waals surface area contributed by atoms with Gasteiger partial charge in [0, 0.05) is 12.2 Å². The fourth-order valence-corrected chi connectivity index (χ4v) is 2.12. The van der Waals surface area contributed by atoms with Gasteiger partial charge in [-0.15, -0.1) is 0 Å². The summed E-state index contributed by atoms with van der Waals surface area (Å²) in [4.78, 5) is 18.7. The van der Waals surface area contributed by atoms with Crippen molar-refractivity contribution in [2.24, 2.45) is 11.7 Å². The molecule has 0 saturated heterocycles. The Hall–Kier alpha value is -1.42. The van der Waals surface area contributed by atoms with E-state index in [1.54, 1.807) is 6.20 Å². The predicted octanol–water partition coefficient (Wildman–Crippen LogP) is 2.36. The van der Waals surface area contributed by atoms with E-state index in [1.165, 1.54) is 0 Å². The van der Waals surface area contributed by atoms with Crippen molar-refractivity contribution in [3.63, 3.8) is 0 Å². The smallest absolute Gasteiger partial charge is 0.240 e. The van der Waals surface area contributed by atoms with Crippen molar-refractivity contribution in [3.05, 3.63) is 30.1 Å². The van der Waals surface area contributed by atoms with Crippen LogP contribution in [0.1, 0.15) is 46.4 Å². The van der Waals surface area contributed by atoms with E-state index >= 15 is 0 Å². The first-order chi connectivity index (χ1) is 8.86. The molecule has 1 rings (SSSR count). The largest absolute Gasteiger partial charge is 0.331 e. The zero-order chi connectivity index (χ0) is 14.6. The van der Waals surface area contributed by atoms with Crippen molar-refractivity contribution in [2.45, 2.75) is 52.7 Å². The number of nitrogens with zero attached hydrogens (tertiary/aromatic N) is 2. The second-order valence-electron chi connectivity index (χ2n) is 5.54. The third kappa shape index (κ3) is 3.77. The molecule has 19 heavy (non-hydrogen) atoms. The average Bonchev–Trinajstić information content (AvgIpc) is 2.38. The molecule has 0 spiro atoms. The van der Waals surface area contributed by atoms with Gasteiger partial charge in [0.05, 0.1) is 17.8 Å². The van der Waals surface area contributed by atoms with Crippen LogP contribution in [0.5, 0.6) is 0 Å². The molecule has 106 valence electrons. The second-order valence-corrected chi connectivity index (χ2v) is 5.54. The zero-order valence-corrected chi connectivity index (χ0v) is 12.5. The number of hydrogen-bond donors (Lipinski definition) is 1. The Bertz CT molecular complexity index is 403. The van der Waals surface area contributed by atoms with Crippen molar-refractivity contribution in [3.8, 4) is 0 Å². The molecule has 1 amide bonds. The Morgan fingerprint density at radius 3 is 2.26 bits per heavy atom. The van der Waals surface area contributed by atoms with Gasteiger partial charge >= 0.3 is 0 Å². The summed E-state index contributed by atoms with van der Waals surface area (Å²) in [6.45, 7) is 9.93. The lowest BCUT2D eigenvalue weighted by molar-refractivity contribution is -0.137. The Balaban J connectivity index is 2.98. The minimum atomic E-state index is -0.464. The van der Waals surface area contributed by atoms with Gasteiger partial charge in [-0.05, 0) is 38.8 Å². The van der Waals surface area contributed by atoms with E-state index in [-0.39, 0.29) is 23.9 Å². The van der Waals surface area contributed by atoms with Gasteiger partial charge in [0.15, 0.2) is 0 Å². The lowest BCUT2D eigenvalue weighted by Gasteiger charge is -2.35. The van der Waals surface area contributed by atoms with Crippen molar-refractivity contribution < 1.29 is 4.79 Å². The van der Waals surface area contributed by atoms with Crippen LogP contribution in [0.3, 0.4) is 0 Å². The standard InChI is InChI=1S/C15H25N3O/c1-10(2)14(16)15(19)18(11(3)4)12(5)13-8-6-7-9-17-13/h6-12,14H,16H2,1-5H3/t12-,14?/m0/s1. The molecule has 2 atom stereocenters. The van der Waals surface area contributed by atoms with Crippen molar-refractivity contribution in [1.29, 1.82) is 0 Å². The van der Waals surface area contributed by atoms with Crippen LogP contribution in [0.4, 0.5) is 0 Å². The number of hydrogen-bond acceptors (Lipinski definition) is 3. The lowest BCUT2D eigenvalue weighted by Crippen LogP contribution is -2.50. The topological polar surface area (TPSA) is 59.2 Å². The highest BCUT2D eigenvalue weighted by Crippen LogP contribution is 2.22. The SMILES string of the molecule is CC(C)C(N)C(=O)N(C(C)C)[C@@H](C)c1ccccn1. The van der Waals surface area contributed by atoms with Crippen LogP contribution >= 0.6 is 0 Å². The van der Waals surface area contributed by atoms with Gasteiger partial charge in [-0.1, -0.05) is 19.9 Å². The maximum absolute atomic E-state index is 12.5. The minimum absolute atomic E-state index is 0.0110. The van der Waals surface area contributed by atoms with Gasteiger partial charge in [-0.3, -0.25) is 9.78 Å². The Labute approximate surface area is 116 Å². The van der Waals surface area contributed by atoms with Gasteiger partial charge in [0.2, 0.25) is 5.91 Å². The molecule has 1 aromatic heterocycles. The Morgan fingerprint density at radius 1 is 1.21 bits per heavy atom. The molecular formula is C15H25N3O. The van der Waals surface area contributed by atoms with Crippen molar-refractivity contribution >= 4 is 5.91 Å². The molecule has 1 unspecified atom stereocenters. The van der Waals surface area contributed by atoms with E-state index in [4.69, 9.17) is 5.73 Å². The molecule has 1 aromatic rings. The van der Waals surface area contributed by atoms with E-state index in [0.29, 0.717) is 0 Å². The molecule has 0 aliphatic rings. The van der Waals surface area contributed by atoms with Crippen LogP contribution in [0.15, 0.2) is 24.4 Å². The van der Waals surface area contributed by atoms with Crippen LogP contribution in [0.2, 0.25) is 0 Å². The number of aromatic nitrogens is 1. The third-order valence-electron chi connectivity index (χ3n) is 3.35. The third-order valence-corrected chi connectivity index (χ3v) is 3.35. The summed E-state index contributed by atoms with van der Waals surface area (Å²) >= 11 is 0. The molecule has 0 radical (unpaired) electrons. The van der Waals surface area contributed by atoms with Crippen molar-refractivity contribution in [2.75, 3.05) is 0 Å². The maximum atomic E-state index is 12.5. The molecule has 0 fully saturated rings. The van der Waals surface area contributed by atoms with Gasteiger partial charge in [0.1, 0.15) is 0 Å². The van der Waals surface area contributed by atoms with Gasteiger partial charge in [-0.2, -0.15) is 0 Å². The highest BCUT2D eigenvalue weighted by atomic mass is 16.2. The number of nitrogens with two attached hydrogens (primary N) is 1. The van der Waals surface area contributed by atoms with Crippen LogP contribution in [0.25, 0.3) is 0 Å². The van der Waals surface area contributed by atoms with E-state index in [0.717, 1.165) is 5.69 Å². The van der Waals surface area contributed by atoms with E-state index in [1.807, 2.05) is 57.7 Å². The number of carbonyl (C=O) groups excluding carboxylic acids is 1. The molecule has 0 aliphatic heterocycles. The lowest BCUT2D eigenvalue weighted by atomic mass is 10.0. The first-order valence-corrected chi connectivity index (χ1v) is 6.85. The van der Waals surface area contributed by atoms with Crippen LogP contribution in [-0.2, 0) is 4.79 Å². The Morgan fingerprint density at radius 2 is 1.84 bits per heavy atom. The molecule has 1 heterocycles. The van der Waals surface area contributed by atoms with E-state index < -0.39 is 6.04 Å². The zero-order valence-electron chi connectivity index (χ0n) is 12.5. The van der Waals surface area contributed by atoms with Gasteiger partial charge in [-0.25, -0.2) is 0 Å². The summed E-state index contributed by atoms with van der Waals surface area (Å²) in [5.41, 5.74) is 6.89. The minimum Gasteiger partial charge on any atom is -0.331 e. The van der Waals surface area contributed by atoms with E-state index in [2.05, 4.69) is 4.98 Å². The fourth-order valence-electron chi connectivity index (χ4n) is 2.12. The highest BCUT2D eigenvalue weighted by molar-refractivity contribution is 5.82. The molecule has 0 bridgehead atoms. The van der Waals surface area contributed by atoms with Crippen molar-refractivity contribution in [1.82, 2.24) is 9.88 Å². The average molecular weight is 263 g/mol. The number of pyridine rings is 1.